The van der Waals surface area contributed by atoms with E-state index in [1.807, 2.05) is 0 Å². The first kappa shape index (κ1) is 12.7. The summed E-state index contributed by atoms with van der Waals surface area (Å²) < 4.78 is 25.0. The number of halogens is 2. The van der Waals surface area contributed by atoms with Crippen LogP contribution in [0, 0.1) is 10.1 Å². The summed E-state index contributed by atoms with van der Waals surface area (Å²) in [4.78, 5) is 23.3. The summed E-state index contributed by atoms with van der Waals surface area (Å²) in [6.45, 7) is 0. The zero-order chi connectivity index (χ0) is 13.2. The minimum Gasteiger partial charge on any atom is -0.481 e. The molecule has 0 atom stereocenters. The third-order valence-electron chi connectivity index (χ3n) is 1.87. The maximum atomic E-state index is 12.5. The lowest BCUT2D eigenvalue weighted by atomic mass is 10.1. The summed E-state index contributed by atoms with van der Waals surface area (Å²) in [6, 6.07) is 0.686. The topological polar surface area (TPSA) is 119 Å². The fourth-order valence-electron chi connectivity index (χ4n) is 1.23. The van der Waals surface area contributed by atoms with Crippen molar-refractivity contribution in [3.63, 3.8) is 0 Å². The van der Waals surface area contributed by atoms with Crippen molar-refractivity contribution in [3.8, 4) is 0 Å². The van der Waals surface area contributed by atoms with Gasteiger partial charge in [0.15, 0.2) is 0 Å². The van der Waals surface area contributed by atoms with Gasteiger partial charge < -0.3 is 10.8 Å². The number of nitrogens with two attached hydrogens (primary N) is 1. The Hall–Kier alpha value is -2.32. The molecule has 0 amide bonds. The monoisotopic (exact) mass is 247 g/mol. The average molecular weight is 247 g/mol. The molecule has 7 nitrogen and oxygen atoms in total. The van der Waals surface area contributed by atoms with Crippen LogP contribution >= 0.6 is 0 Å². The molecule has 0 radical (unpaired) electrons. The summed E-state index contributed by atoms with van der Waals surface area (Å²) in [5.41, 5.74) is 2.98. The zero-order valence-corrected chi connectivity index (χ0v) is 8.26. The number of nitrogen functional groups attached to an aromatic ring is 1. The van der Waals surface area contributed by atoms with Crippen LogP contribution in [0.1, 0.15) is 17.7 Å². The molecular weight excluding hydrogens is 240 g/mol. The normalized spacial score (nSPS) is 10.5. The number of carboxylic acid groups (broad SMARTS) is 1. The second-order valence-corrected chi connectivity index (χ2v) is 3.06. The van der Waals surface area contributed by atoms with E-state index in [9.17, 15) is 23.7 Å². The van der Waals surface area contributed by atoms with Gasteiger partial charge in [0.1, 0.15) is 11.4 Å². The predicted molar refractivity (Wildman–Crippen MR) is 51.6 cm³/mol. The van der Waals surface area contributed by atoms with E-state index in [4.69, 9.17) is 10.8 Å². The van der Waals surface area contributed by atoms with Gasteiger partial charge in [-0.2, -0.15) is 0 Å². The third kappa shape index (κ3) is 2.83. The van der Waals surface area contributed by atoms with E-state index in [0.29, 0.717) is 6.07 Å². The molecule has 1 rings (SSSR count). The molecule has 0 aliphatic heterocycles. The Labute approximate surface area is 93.0 Å². The van der Waals surface area contributed by atoms with Crippen LogP contribution in [0.15, 0.2) is 6.07 Å². The number of aromatic nitrogens is 1. The number of hydrogen-bond donors (Lipinski definition) is 2. The maximum absolute atomic E-state index is 12.5. The number of nitrogens with zero attached hydrogens (tertiary/aromatic N) is 2. The smallest absolute Gasteiger partial charge is 0.309 e. The summed E-state index contributed by atoms with van der Waals surface area (Å²) in [5.74, 6) is -2.03. The minimum atomic E-state index is -3.15. The largest absolute Gasteiger partial charge is 0.481 e. The van der Waals surface area contributed by atoms with Crippen molar-refractivity contribution in [1.82, 2.24) is 4.98 Å². The van der Waals surface area contributed by atoms with E-state index in [1.54, 1.807) is 0 Å². The van der Waals surface area contributed by atoms with Crippen LogP contribution in [0.25, 0.3) is 0 Å². The van der Waals surface area contributed by atoms with Crippen LogP contribution in [-0.4, -0.2) is 21.0 Å². The van der Waals surface area contributed by atoms with Crippen molar-refractivity contribution in [2.24, 2.45) is 0 Å². The van der Waals surface area contributed by atoms with Crippen LogP contribution < -0.4 is 5.73 Å². The number of aliphatic carboxylic acids is 1. The fraction of sp³-hybridized carbons (Fsp3) is 0.250. The van der Waals surface area contributed by atoms with E-state index >= 15 is 0 Å². The molecule has 1 aromatic rings. The summed E-state index contributed by atoms with van der Waals surface area (Å²) in [7, 11) is 0. The number of pyridine rings is 1. The molecule has 17 heavy (non-hydrogen) atoms. The van der Waals surface area contributed by atoms with Gasteiger partial charge in [-0.25, -0.2) is 13.8 Å². The first-order valence-electron chi connectivity index (χ1n) is 4.26. The van der Waals surface area contributed by atoms with E-state index in [1.165, 1.54) is 0 Å². The number of hydrogen-bond acceptors (Lipinski definition) is 5. The van der Waals surface area contributed by atoms with Crippen molar-refractivity contribution < 1.29 is 23.6 Å². The third-order valence-corrected chi connectivity index (χ3v) is 1.87. The molecule has 92 valence electrons. The quantitative estimate of drug-likeness (QED) is 0.608. The molecule has 0 bridgehead atoms. The number of anilines is 1. The van der Waals surface area contributed by atoms with Crippen LogP contribution in [0.4, 0.5) is 20.3 Å². The predicted octanol–water partition coefficient (Wildman–Crippen LogP) is 1.14. The molecule has 0 saturated heterocycles. The van der Waals surface area contributed by atoms with Gasteiger partial charge >= 0.3 is 5.97 Å². The first-order valence-corrected chi connectivity index (χ1v) is 4.26. The van der Waals surface area contributed by atoms with Crippen LogP contribution in [0.5, 0.6) is 0 Å². The molecule has 1 aromatic heterocycles. The van der Waals surface area contributed by atoms with Gasteiger partial charge in [-0.1, -0.05) is 0 Å². The molecule has 3 N–H and O–H groups in total. The van der Waals surface area contributed by atoms with Crippen molar-refractivity contribution in [3.05, 3.63) is 27.4 Å². The Kier molecular flexibility index (Phi) is 3.51. The molecule has 9 heteroatoms. The molecule has 1 heterocycles. The number of rotatable bonds is 4. The van der Waals surface area contributed by atoms with Crippen molar-refractivity contribution in [2.75, 3.05) is 5.73 Å². The molecule has 0 fully saturated rings. The first-order chi connectivity index (χ1) is 7.82. The maximum Gasteiger partial charge on any atom is 0.309 e. The minimum absolute atomic E-state index is 0.244. The number of carbonyl (C=O) groups is 1. The summed E-state index contributed by atoms with van der Waals surface area (Å²) in [5, 5.41) is 19.0. The Morgan fingerprint density at radius 1 is 1.65 bits per heavy atom. The van der Waals surface area contributed by atoms with Crippen molar-refractivity contribution >= 4 is 17.5 Å². The molecule has 0 spiro atoms. The Morgan fingerprint density at radius 3 is 2.65 bits per heavy atom. The van der Waals surface area contributed by atoms with Gasteiger partial charge in [0, 0.05) is 6.07 Å². The van der Waals surface area contributed by atoms with E-state index in [2.05, 4.69) is 4.98 Å². The van der Waals surface area contributed by atoms with Crippen molar-refractivity contribution in [2.45, 2.75) is 12.8 Å². The standard InChI is InChI=1S/C8H7F2N3O4/c9-7(10)6-4(13(16)17)1-3(2-5(14)15)12-8(6)11/h1,7H,2H2,(H2,11,12)(H,14,15). The molecule has 0 aromatic carbocycles. The second-order valence-electron chi connectivity index (χ2n) is 3.06. The van der Waals surface area contributed by atoms with Gasteiger partial charge in [-0.05, 0) is 0 Å². The second kappa shape index (κ2) is 4.68. The molecule has 0 aliphatic rings. The highest BCUT2D eigenvalue weighted by molar-refractivity contribution is 5.70. The molecule has 0 aliphatic carbocycles. The number of carboxylic acids is 1. The Morgan fingerprint density at radius 2 is 2.24 bits per heavy atom. The molecule has 0 unspecified atom stereocenters. The van der Waals surface area contributed by atoms with Gasteiger partial charge in [-0.15, -0.1) is 0 Å². The van der Waals surface area contributed by atoms with Gasteiger partial charge in [0.2, 0.25) is 0 Å². The van der Waals surface area contributed by atoms with Crippen LogP contribution in [0.3, 0.4) is 0 Å². The van der Waals surface area contributed by atoms with Gasteiger partial charge in [0.05, 0.1) is 17.0 Å². The molecular formula is C8H7F2N3O4. The highest BCUT2D eigenvalue weighted by Crippen LogP contribution is 2.33. The highest BCUT2D eigenvalue weighted by atomic mass is 19.3. The van der Waals surface area contributed by atoms with Crippen molar-refractivity contribution in [1.29, 1.82) is 0 Å². The molecule has 0 saturated carbocycles. The SMILES string of the molecule is Nc1nc(CC(=O)O)cc([N+](=O)[O-])c1C(F)F. The van der Waals surface area contributed by atoms with E-state index < -0.39 is 40.8 Å². The Balaban J connectivity index is 3.35. The lowest BCUT2D eigenvalue weighted by Crippen LogP contribution is -2.09. The average Bonchev–Trinajstić information content (AvgIpc) is 2.14. The highest BCUT2D eigenvalue weighted by Gasteiger charge is 2.27. The van der Waals surface area contributed by atoms with Crippen LogP contribution in [-0.2, 0) is 11.2 Å². The van der Waals surface area contributed by atoms with E-state index in [-0.39, 0.29) is 5.69 Å². The van der Waals surface area contributed by atoms with Gasteiger partial charge in [-0.3, -0.25) is 14.9 Å². The lowest BCUT2D eigenvalue weighted by Gasteiger charge is -2.06. The number of alkyl halides is 2. The summed E-state index contributed by atoms with van der Waals surface area (Å²) >= 11 is 0. The fourth-order valence-corrected chi connectivity index (χ4v) is 1.23. The van der Waals surface area contributed by atoms with Gasteiger partial charge in [0.25, 0.3) is 12.1 Å². The lowest BCUT2D eigenvalue weighted by molar-refractivity contribution is -0.386. The Bertz CT molecular complexity index is 478. The number of nitro groups is 1. The zero-order valence-electron chi connectivity index (χ0n) is 8.26. The summed E-state index contributed by atoms with van der Waals surface area (Å²) in [6.07, 6.45) is -3.78. The van der Waals surface area contributed by atoms with Crippen LogP contribution in [0.2, 0.25) is 0 Å². The van der Waals surface area contributed by atoms with E-state index in [0.717, 1.165) is 0 Å².